The summed E-state index contributed by atoms with van der Waals surface area (Å²) in [6, 6.07) is 0. The SMILES string of the molecule is CC(=O)/C=C/COC1C=CCCC1. The van der Waals surface area contributed by atoms with Crippen molar-refractivity contribution in [3.05, 3.63) is 24.3 Å². The molecule has 0 saturated heterocycles. The molecule has 0 aromatic rings. The van der Waals surface area contributed by atoms with Gasteiger partial charge in [0.1, 0.15) is 0 Å². The molecule has 1 rings (SSSR count). The first-order chi connectivity index (χ1) is 6.29. The lowest BCUT2D eigenvalue weighted by Gasteiger charge is -2.15. The summed E-state index contributed by atoms with van der Waals surface area (Å²) in [5.41, 5.74) is 0. The highest BCUT2D eigenvalue weighted by Crippen LogP contribution is 2.13. The molecule has 0 saturated carbocycles. The van der Waals surface area contributed by atoms with Gasteiger partial charge >= 0.3 is 0 Å². The number of hydrogen-bond donors (Lipinski definition) is 0. The summed E-state index contributed by atoms with van der Waals surface area (Å²) in [5, 5.41) is 0. The summed E-state index contributed by atoms with van der Waals surface area (Å²) in [6.07, 6.45) is 11.3. The maximum Gasteiger partial charge on any atom is 0.152 e. The third kappa shape index (κ3) is 4.63. The average molecular weight is 180 g/mol. The Morgan fingerprint density at radius 2 is 2.54 bits per heavy atom. The third-order valence-electron chi connectivity index (χ3n) is 1.97. The zero-order valence-corrected chi connectivity index (χ0v) is 8.03. The van der Waals surface area contributed by atoms with Crippen molar-refractivity contribution in [3.8, 4) is 0 Å². The van der Waals surface area contributed by atoms with Crippen molar-refractivity contribution in [2.24, 2.45) is 0 Å². The van der Waals surface area contributed by atoms with E-state index in [1.165, 1.54) is 19.8 Å². The molecule has 0 spiro atoms. The molecule has 0 aliphatic heterocycles. The molecule has 1 atom stereocenters. The Kier molecular flexibility index (Phi) is 4.47. The fourth-order valence-corrected chi connectivity index (χ4v) is 1.31. The predicted octanol–water partition coefficient (Wildman–Crippen LogP) is 2.26. The Balaban J connectivity index is 2.15. The number of ketones is 1. The Hall–Kier alpha value is -0.890. The van der Waals surface area contributed by atoms with E-state index in [9.17, 15) is 4.79 Å². The smallest absolute Gasteiger partial charge is 0.152 e. The molecule has 2 nitrogen and oxygen atoms in total. The molecule has 13 heavy (non-hydrogen) atoms. The van der Waals surface area contributed by atoms with Gasteiger partial charge in [-0.15, -0.1) is 0 Å². The second kappa shape index (κ2) is 5.70. The fraction of sp³-hybridized carbons (Fsp3) is 0.545. The van der Waals surface area contributed by atoms with Crippen molar-refractivity contribution in [3.63, 3.8) is 0 Å². The van der Waals surface area contributed by atoms with Gasteiger partial charge in [0.2, 0.25) is 0 Å². The Morgan fingerprint density at radius 1 is 1.69 bits per heavy atom. The van der Waals surface area contributed by atoms with Crippen LogP contribution in [0.5, 0.6) is 0 Å². The van der Waals surface area contributed by atoms with E-state index in [1.807, 2.05) is 0 Å². The van der Waals surface area contributed by atoms with E-state index in [-0.39, 0.29) is 11.9 Å². The Labute approximate surface area is 79.3 Å². The van der Waals surface area contributed by atoms with Crippen LogP contribution in [0.4, 0.5) is 0 Å². The number of hydrogen-bond acceptors (Lipinski definition) is 2. The van der Waals surface area contributed by atoms with Crippen molar-refractivity contribution in [2.75, 3.05) is 6.61 Å². The van der Waals surface area contributed by atoms with Crippen molar-refractivity contribution < 1.29 is 9.53 Å². The van der Waals surface area contributed by atoms with Gasteiger partial charge in [0.05, 0.1) is 12.7 Å². The largest absolute Gasteiger partial charge is 0.370 e. The minimum absolute atomic E-state index is 0.0720. The van der Waals surface area contributed by atoms with Gasteiger partial charge in [0, 0.05) is 0 Å². The van der Waals surface area contributed by atoms with Gasteiger partial charge in [-0.2, -0.15) is 0 Å². The standard InChI is InChI=1S/C11H16O2/c1-10(12)6-5-9-13-11-7-3-2-4-8-11/h3,5-7,11H,2,4,8-9H2,1H3/b6-5+. The molecule has 0 heterocycles. The first-order valence-corrected chi connectivity index (χ1v) is 4.74. The highest BCUT2D eigenvalue weighted by atomic mass is 16.5. The van der Waals surface area contributed by atoms with Gasteiger partial charge in [0.15, 0.2) is 5.78 Å². The minimum atomic E-state index is 0.0720. The molecule has 0 aromatic heterocycles. The number of ether oxygens (including phenoxy) is 1. The van der Waals surface area contributed by atoms with Crippen LogP contribution in [0.3, 0.4) is 0 Å². The van der Waals surface area contributed by atoms with Crippen molar-refractivity contribution in [2.45, 2.75) is 32.3 Å². The highest BCUT2D eigenvalue weighted by molar-refractivity contribution is 5.87. The summed E-state index contributed by atoms with van der Waals surface area (Å²) in [6.45, 7) is 2.07. The van der Waals surface area contributed by atoms with E-state index < -0.39 is 0 Å². The number of carbonyl (C=O) groups is 1. The zero-order chi connectivity index (χ0) is 9.52. The van der Waals surface area contributed by atoms with E-state index in [4.69, 9.17) is 4.74 Å². The number of carbonyl (C=O) groups excluding carboxylic acids is 1. The second-order valence-electron chi connectivity index (χ2n) is 3.24. The Morgan fingerprint density at radius 3 is 3.15 bits per heavy atom. The molecule has 0 bridgehead atoms. The predicted molar refractivity (Wildman–Crippen MR) is 52.6 cm³/mol. The number of rotatable bonds is 4. The molecule has 0 radical (unpaired) electrons. The molecule has 1 aliphatic rings. The van der Waals surface area contributed by atoms with Gasteiger partial charge in [-0.25, -0.2) is 0 Å². The van der Waals surface area contributed by atoms with E-state index in [0.29, 0.717) is 6.61 Å². The van der Waals surface area contributed by atoms with Crippen LogP contribution < -0.4 is 0 Å². The maximum absolute atomic E-state index is 10.5. The summed E-state index contributed by atoms with van der Waals surface area (Å²) >= 11 is 0. The summed E-state index contributed by atoms with van der Waals surface area (Å²) in [5.74, 6) is 0.0720. The molecule has 1 unspecified atom stereocenters. The minimum Gasteiger partial charge on any atom is -0.370 e. The lowest BCUT2D eigenvalue weighted by Crippen LogP contribution is -2.12. The average Bonchev–Trinajstić information content (AvgIpc) is 2.14. The van der Waals surface area contributed by atoms with Crippen molar-refractivity contribution in [1.82, 2.24) is 0 Å². The molecule has 0 N–H and O–H groups in total. The highest BCUT2D eigenvalue weighted by Gasteiger charge is 2.06. The molecule has 2 heteroatoms. The molecular weight excluding hydrogens is 164 g/mol. The van der Waals surface area contributed by atoms with Gasteiger partial charge in [-0.1, -0.05) is 18.2 Å². The fourth-order valence-electron chi connectivity index (χ4n) is 1.31. The number of allylic oxidation sites excluding steroid dienone is 2. The van der Waals surface area contributed by atoms with Crippen LogP contribution in [0, 0.1) is 0 Å². The first-order valence-electron chi connectivity index (χ1n) is 4.74. The second-order valence-corrected chi connectivity index (χ2v) is 3.24. The summed E-state index contributed by atoms with van der Waals surface area (Å²) < 4.78 is 5.51. The van der Waals surface area contributed by atoms with Crippen molar-refractivity contribution >= 4 is 5.78 Å². The first kappa shape index (κ1) is 10.2. The van der Waals surface area contributed by atoms with Crippen LogP contribution in [-0.4, -0.2) is 18.5 Å². The van der Waals surface area contributed by atoms with Crippen molar-refractivity contribution in [1.29, 1.82) is 0 Å². The van der Waals surface area contributed by atoms with E-state index >= 15 is 0 Å². The van der Waals surface area contributed by atoms with Gasteiger partial charge in [-0.05, 0) is 32.3 Å². The normalized spacial score (nSPS) is 22.4. The lowest BCUT2D eigenvalue weighted by molar-refractivity contribution is -0.112. The molecule has 0 fully saturated rings. The molecule has 1 aliphatic carbocycles. The Bertz CT molecular complexity index is 216. The topological polar surface area (TPSA) is 26.3 Å². The van der Waals surface area contributed by atoms with E-state index in [2.05, 4.69) is 12.2 Å². The van der Waals surface area contributed by atoms with Crippen LogP contribution in [0.15, 0.2) is 24.3 Å². The van der Waals surface area contributed by atoms with Crippen LogP contribution in [0.25, 0.3) is 0 Å². The van der Waals surface area contributed by atoms with Crippen LogP contribution in [0.1, 0.15) is 26.2 Å². The zero-order valence-electron chi connectivity index (χ0n) is 8.03. The van der Waals surface area contributed by atoms with E-state index in [1.54, 1.807) is 12.2 Å². The maximum atomic E-state index is 10.5. The van der Waals surface area contributed by atoms with Crippen LogP contribution in [-0.2, 0) is 9.53 Å². The lowest BCUT2D eigenvalue weighted by atomic mass is 10.1. The molecular formula is C11H16O2. The van der Waals surface area contributed by atoms with Gasteiger partial charge in [-0.3, -0.25) is 4.79 Å². The van der Waals surface area contributed by atoms with Gasteiger partial charge in [0.25, 0.3) is 0 Å². The summed E-state index contributed by atoms with van der Waals surface area (Å²) in [7, 11) is 0. The molecule has 0 aromatic carbocycles. The molecule has 0 amide bonds. The van der Waals surface area contributed by atoms with Crippen LogP contribution in [0.2, 0.25) is 0 Å². The quantitative estimate of drug-likeness (QED) is 0.490. The third-order valence-corrected chi connectivity index (χ3v) is 1.97. The molecule has 72 valence electrons. The summed E-state index contributed by atoms with van der Waals surface area (Å²) in [4.78, 5) is 10.5. The monoisotopic (exact) mass is 180 g/mol. The van der Waals surface area contributed by atoms with E-state index in [0.717, 1.165) is 6.42 Å². The van der Waals surface area contributed by atoms with Gasteiger partial charge < -0.3 is 4.74 Å². The van der Waals surface area contributed by atoms with Crippen LogP contribution >= 0.6 is 0 Å².